The maximum atomic E-state index is 11.0. The highest BCUT2D eigenvalue weighted by Gasteiger charge is 2.07. The van der Waals surface area contributed by atoms with Crippen molar-refractivity contribution in [2.75, 3.05) is 19.7 Å². The zero-order chi connectivity index (χ0) is 9.40. The molecule has 0 aromatic carbocycles. The molecule has 0 aliphatic heterocycles. The van der Waals surface area contributed by atoms with E-state index in [0.29, 0.717) is 6.54 Å². The van der Waals surface area contributed by atoms with Crippen LogP contribution in [0.3, 0.4) is 0 Å². The average molecular weight is 174 g/mol. The Morgan fingerprint density at radius 3 is 2.58 bits per heavy atom. The first-order valence-electron chi connectivity index (χ1n) is 4.35. The second kappa shape index (κ2) is 7.06. The Morgan fingerprint density at radius 1 is 1.50 bits per heavy atom. The molecule has 1 atom stereocenters. The monoisotopic (exact) mass is 174 g/mol. The fourth-order valence-corrected chi connectivity index (χ4v) is 0.794. The standard InChI is InChI=1S/C8H18N2O2/c1-3-7(6-11)10-8(12)5-9-4-2/h7,9,11H,3-6H2,1-2H3,(H,10,12)/t7-/m1/s1. The summed E-state index contributed by atoms with van der Waals surface area (Å²) in [6.07, 6.45) is 0.758. The van der Waals surface area contributed by atoms with Crippen LogP contribution in [0, 0.1) is 0 Å². The van der Waals surface area contributed by atoms with E-state index in [1.165, 1.54) is 0 Å². The van der Waals surface area contributed by atoms with Gasteiger partial charge in [-0.15, -0.1) is 0 Å². The molecule has 4 heteroatoms. The summed E-state index contributed by atoms with van der Waals surface area (Å²) < 4.78 is 0. The number of hydrogen-bond acceptors (Lipinski definition) is 3. The minimum Gasteiger partial charge on any atom is -0.394 e. The normalized spacial score (nSPS) is 12.6. The van der Waals surface area contributed by atoms with Crippen molar-refractivity contribution in [3.63, 3.8) is 0 Å². The molecule has 0 saturated heterocycles. The van der Waals surface area contributed by atoms with E-state index >= 15 is 0 Å². The lowest BCUT2D eigenvalue weighted by Gasteiger charge is -2.13. The van der Waals surface area contributed by atoms with Gasteiger partial charge in [0, 0.05) is 0 Å². The molecule has 0 aromatic heterocycles. The molecular formula is C8H18N2O2. The van der Waals surface area contributed by atoms with Gasteiger partial charge in [0.2, 0.25) is 5.91 Å². The Hall–Kier alpha value is -0.610. The number of nitrogens with one attached hydrogen (secondary N) is 2. The Morgan fingerprint density at radius 2 is 2.17 bits per heavy atom. The van der Waals surface area contributed by atoms with Gasteiger partial charge in [-0.3, -0.25) is 4.79 Å². The van der Waals surface area contributed by atoms with Crippen molar-refractivity contribution in [2.45, 2.75) is 26.3 Å². The number of hydrogen-bond donors (Lipinski definition) is 3. The van der Waals surface area contributed by atoms with Crippen LogP contribution < -0.4 is 10.6 Å². The van der Waals surface area contributed by atoms with Crippen LogP contribution in [-0.2, 0) is 4.79 Å². The average Bonchev–Trinajstić information content (AvgIpc) is 2.10. The molecule has 0 bridgehead atoms. The number of aliphatic hydroxyl groups excluding tert-OH is 1. The molecule has 0 aliphatic rings. The van der Waals surface area contributed by atoms with Crippen LogP contribution in [0.4, 0.5) is 0 Å². The zero-order valence-corrected chi connectivity index (χ0v) is 7.76. The van der Waals surface area contributed by atoms with E-state index in [1.807, 2.05) is 13.8 Å². The number of rotatable bonds is 6. The van der Waals surface area contributed by atoms with E-state index in [9.17, 15) is 4.79 Å². The highest BCUT2D eigenvalue weighted by molar-refractivity contribution is 5.78. The molecule has 0 fully saturated rings. The number of carbonyl (C=O) groups is 1. The molecule has 0 spiro atoms. The summed E-state index contributed by atoms with van der Waals surface area (Å²) in [7, 11) is 0. The second-order valence-corrected chi connectivity index (χ2v) is 2.64. The SMILES string of the molecule is CCNCC(=O)N[C@H](CC)CO. The molecule has 1 amide bonds. The van der Waals surface area contributed by atoms with Crippen LogP contribution in [0.25, 0.3) is 0 Å². The number of aliphatic hydroxyl groups is 1. The van der Waals surface area contributed by atoms with E-state index in [1.54, 1.807) is 0 Å². The van der Waals surface area contributed by atoms with E-state index in [0.717, 1.165) is 13.0 Å². The lowest BCUT2D eigenvalue weighted by molar-refractivity contribution is -0.121. The predicted molar refractivity (Wildman–Crippen MR) is 47.9 cm³/mol. The third-order valence-electron chi connectivity index (χ3n) is 1.61. The molecule has 0 heterocycles. The number of amides is 1. The first kappa shape index (κ1) is 11.4. The third-order valence-corrected chi connectivity index (χ3v) is 1.61. The summed E-state index contributed by atoms with van der Waals surface area (Å²) in [6, 6.07) is -0.101. The lowest BCUT2D eigenvalue weighted by atomic mass is 10.2. The molecule has 12 heavy (non-hydrogen) atoms. The molecule has 0 aromatic rings. The highest BCUT2D eigenvalue weighted by atomic mass is 16.3. The van der Waals surface area contributed by atoms with Crippen molar-refractivity contribution >= 4 is 5.91 Å². The van der Waals surface area contributed by atoms with Crippen LogP contribution in [0.15, 0.2) is 0 Å². The van der Waals surface area contributed by atoms with Crippen molar-refractivity contribution in [1.29, 1.82) is 0 Å². The Kier molecular flexibility index (Phi) is 6.70. The highest BCUT2D eigenvalue weighted by Crippen LogP contribution is 1.87. The lowest BCUT2D eigenvalue weighted by Crippen LogP contribution is -2.41. The maximum absolute atomic E-state index is 11.0. The van der Waals surface area contributed by atoms with Gasteiger partial charge in [0.25, 0.3) is 0 Å². The molecule has 4 nitrogen and oxygen atoms in total. The molecule has 0 radical (unpaired) electrons. The third kappa shape index (κ3) is 5.09. The van der Waals surface area contributed by atoms with Crippen LogP contribution in [0.2, 0.25) is 0 Å². The van der Waals surface area contributed by atoms with Crippen molar-refractivity contribution in [1.82, 2.24) is 10.6 Å². The van der Waals surface area contributed by atoms with Gasteiger partial charge < -0.3 is 15.7 Å². The van der Waals surface area contributed by atoms with E-state index in [-0.39, 0.29) is 18.6 Å². The van der Waals surface area contributed by atoms with Gasteiger partial charge in [-0.25, -0.2) is 0 Å². The summed E-state index contributed by atoms with van der Waals surface area (Å²) >= 11 is 0. The van der Waals surface area contributed by atoms with Gasteiger partial charge in [0.1, 0.15) is 0 Å². The topological polar surface area (TPSA) is 61.4 Å². The van der Waals surface area contributed by atoms with Crippen molar-refractivity contribution in [2.24, 2.45) is 0 Å². The Labute approximate surface area is 73.3 Å². The Bertz CT molecular complexity index is 124. The minimum absolute atomic E-state index is 0.00830. The van der Waals surface area contributed by atoms with E-state index in [4.69, 9.17) is 5.11 Å². The molecule has 72 valence electrons. The first-order chi connectivity index (χ1) is 5.74. The fourth-order valence-electron chi connectivity index (χ4n) is 0.794. The fraction of sp³-hybridized carbons (Fsp3) is 0.875. The van der Waals surface area contributed by atoms with Crippen LogP contribution in [0.5, 0.6) is 0 Å². The smallest absolute Gasteiger partial charge is 0.234 e. The van der Waals surface area contributed by atoms with Gasteiger partial charge in [-0.1, -0.05) is 13.8 Å². The molecular weight excluding hydrogens is 156 g/mol. The quantitative estimate of drug-likeness (QED) is 0.508. The number of likely N-dealkylation sites (N-methyl/N-ethyl adjacent to an activating group) is 1. The van der Waals surface area contributed by atoms with Crippen LogP contribution in [0.1, 0.15) is 20.3 Å². The van der Waals surface area contributed by atoms with Crippen molar-refractivity contribution in [3.8, 4) is 0 Å². The molecule has 0 aliphatic carbocycles. The maximum Gasteiger partial charge on any atom is 0.234 e. The number of carbonyl (C=O) groups excluding carboxylic acids is 1. The predicted octanol–water partition coefficient (Wildman–Crippen LogP) is -0.517. The summed E-state index contributed by atoms with van der Waals surface area (Å²) in [4.78, 5) is 11.0. The largest absolute Gasteiger partial charge is 0.394 e. The molecule has 0 saturated carbocycles. The van der Waals surface area contributed by atoms with Gasteiger partial charge >= 0.3 is 0 Å². The molecule has 3 N–H and O–H groups in total. The molecule has 0 unspecified atom stereocenters. The van der Waals surface area contributed by atoms with Crippen molar-refractivity contribution in [3.05, 3.63) is 0 Å². The van der Waals surface area contributed by atoms with Gasteiger partial charge in [-0.05, 0) is 13.0 Å². The first-order valence-corrected chi connectivity index (χ1v) is 4.35. The van der Waals surface area contributed by atoms with Crippen LogP contribution >= 0.6 is 0 Å². The summed E-state index contributed by atoms with van der Waals surface area (Å²) in [5.41, 5.74) is 0. The second-order valence-electron chi connectivity index (χ2n) is 2.64. The van der Waals surface area contributed by atoms with Crippen LogP contribution in [-0.4, -0.2) is 36.8 Å². The van der Waals surface area contributed by atoms with Gasteiger partial charge in [0.15, 0.2) is 0 Å². The van der Waals surface area contributed by atoms with Crippen molar-refractivity contribution < 1.29 is 9.90 Å². The van der Waals surface area contributed by atoms with E-state index < -0.39 is 0 Å². The van der Waals surface area contributed by atoms with Gasteiger partial charge in [-0.2, -0.15) is 0 Å². The van der Waals surface area contributed by atoms with E-state index in [2.05, 4.69) is 10.6 Å². The minimum atomic E-state index is -0.101. The summed E-state index contributed by atoms with van der Waals surface area (Å²) in [5, 5.41) is 14.4. The Balaban J connectivity index is 3.52. The summed E-state index contributed by atoms with van der Waals surface area (Å²) in [5.74, 6) is -0.0576. The molecule has 0 rings (SSSR count). The van der Waals surface area contributed by atoms with Gasteiger partial charge in [0.05, 0.1) is 19.2 Å². The summed E-state index contributed by atoms with van der Waals surface area (Å²) in [6.45, 7) is 4.98. The zero-order valence-electron chi connectivity index (χ0n) is 7.76.